The van der Waals surface area contributed by atoms with Crippen LogP contribution in [0.25, 0.3) is 0 Å². The van der Waals surface area contributed by atoms with E-state index in [1.807, 2.05) is 6.92 Å². The van der Waals surface area contributed by atoms with E-state index in [2.05, 4.69) is 0 Å². The van der Waals surface area contributed by atoms with Gasteiger partial charge in [-0.25, -0.2) is 0 Å². The van der Waals surface area contributed by atoms with Gasteiger partial charge in [0.15, 0.2) is 0 Å². The Hall–Kier alpha value is -3.27. The van der Waals surface area contributed by atoms with Crippen molar-refractivity contribution in [1.82, 2.24) is 0 Å². The number of aliphatic hydroxyl groups is 1. The zero-order valence-corrected chi connectivity index (χ0v) is 21.6. The van der Waals surface area contributed by atoms with Crippen molar-refractivity contribution in [2.75, 3.05) is 24.7 Å². The number of benzene rings is 1. The number of nitrogens with zero attached hydrogens (tertiary/aromatic N) is 1. The average Bonchev–Trinajstić information content (AvgIpc) is 3.09. The SMILES string of the molecule is CCCCOC(=O)C(CC(C)C(=O)O)CC(CC1C(=O)N(c2ccccc2)C(=O)C1C)C(=O)OCCO. The van der Waals surface area contributed by atoms with E-state index in [0.29, 0.717) is 12.1 Å². The highest BCUT2D eigenvalue weighted by molar-refractivity contribution is 6.21. The minimum atomic E-state index is -1.09. The van der Waals surface area contributed by atoms with Crippen LogP contribution in [0.5, 0.6) is 0 Å². The molecule has 1 aromatic carbocycles. The lowest BCUT2D eigenvalue weighted by Crippen LogP contribution is -2.33. The van der Waals surface area contributed by atoms with Crippen LogP contribution in [0.2, 0.25) is 0 Å². The third kappa shape index (κ3) is 8.11. The summed E-state index contributed by atoms with van der Waals surface area (Å²) in [6.45, 7) is 4.52. The Bertz CT molecular complexity index is 948. The number of carbonyl (C=O) groups excluding carboxylic acids is 4. The minimum absolute atomic E-state index is 0.0622. The monoisotopic (exact) mass is 519 g/mol. The second-order valence-electron chi connectivity index (χ2n) is 9.49. The summed E-state index contributed by atoms with van der Waals surface area (Å²) in [6.07, 6.45) is 1.20. The number of ether oxygens (including phenoxy) is 2. The first-order valence-electron chi connectivity index (χ1n) is 12.7. The van der Waals surface area contributed by atoms with Crippen molar-refractivity contribution in [2.45, 2.75) is 52.9 Å². The van der Waals surface area contributed by atoms with Gasteiger partial charge in [-0.1, -0.05) is 45.4 Å². The number of aliphatic hydroxyl groups excluding tert-OH is 1. The molecule has 10 heteroatoms. The van der Waals surface area contributed by atoms with Crippen molar-refractivity contribution in [2.24, 2.45) is 29.6 Å². The maximum Gasteiger partial charge on any atom is 0.309 e. The van der Waals surface area contributed by atoms with E-state index in [-0.39, 0.29) is 32.5 Å². The predicted octanol–water partition coefficient (Wildman–Crippen LogP) is 2.81. The van der Waals surface area contributed by atoms with Crippen LogP contribution in [0.15, 0.2) is 30.3 Å². The van der Waals surface area contributed by atoms with Crippen LogP contribution in [-0.2, 0) is 33.4 Å². The first kappa shape index (κ1) is 30.0. The molecule has 0 bridgehead atoms. The second kappa shape index (κ2) is 14.5. The zero-order valence-electron chi connectivity index (χ0n) is 21.6. The first-order valence-corrected chi connectivity index (χ1v) is 12.7. The van der Waals surface area contributed by atoms with Gasteiger partial charge >= 0.3 is 17.9 Å². The lowest BCUT2D eigenvalue weighted by atomic mass is 9.80. The van der Waals surface area contributed by atoms with Crippen LogP contribution in [-0.4, -0.2) is 59.8 Å². The standard InChI is InChI=1S/C27H37NO9/c1-4-5-12-36-26(34)19(14-17(2)25(32)33)15-20(27(35)37-13-11-29)16-22-18(3)23(30)28(24(22)31)21-9-7-6-8-10-21/h6-10,17-20,22,29H,4-5,11-16H2,1-3H3,(H,32,33). The van der Waals surface area contributed by atoms with Gasteiger partial charge in [0, 0.05) is 5.92 Å². The van der Waals surface area contributed by atoms with Crippen LogP contribution in [0.1, 0.15) is 52.9 Å². The zero-order chi connectivity index (χ0) is 27.5. The van der Waals surface area contributed by atoms with Gasteiger partial charge < -0.3 is 19.7 Å². The summed E-state index contributed by atoms with van der Waals surface area (Å²) in [7, 11) is 0. The molecule has 1 aliphatic heterocycles. The largest absolute Gasteiger partial charge is 0.481 e. The van der Waals surface area contributed by atoms with E-state index in [4.69, 9.17) is 14.6 Å². The summed E-state index contributed by atoms with van der Waals surface area (Å²) >= 11 is 0. The Labute approximate surface area is 216 Å². The number of esters is 2. The molecule has 5 unspecified atom stereocenters. The fraction of sp³-hybridized carbons (Fsp3) is 0.593. The van der Waals surface area contributed by atoms with E-state index in [9.17, 15) is 29.1 Å². The van der Waals surface area contributed by atoms with Gasteiger partial charge in [0.25, 0.3) is 0 Å². The highest BCUT2D eigenvalue weighted by atomic mass is 16.5. The summed E-state index contributed by atoms with van der Waals surface area (Å²) in [6, 6.07) is 8.48. The van der Waals surface area contributed by atoms with Crippen LogP contribution in [0.3, 0.4) is 0 Å². The highest BCUT2D eigenvalue weighted by Crippen LogP contribution is 2.37. The number of carbonyl (C=O) groups is 5. The van der Waals surface area contributed by atoms with E-state index < -0.39 is 65.9 Å². The number of anilines is 1. The Morgan fingerprint density at radius 1 is 0.973 bits per heavy atom. The maximum atomic E-state index is 13.3. The number of carboxylic acids is 1. The molecule has 0 aromatic heterocycles. The Morgan fingerprint density at radius 3 is 2.19 bits per heavy atom. The average molecular weight is 520 g/mol. The van der Waals surface area contributed by atoms with Gasteiger partial charge in [0.2, 0.25) is 11.8 Å². The molecule has 1 fully saturated rings. The number of rotatable bonds is 15. The Kier molecular flexibility index (Phi) is 11.7. The van der Waals surface area contributed by atoms with Crippen LogP contribution < -0.4 is 4.90 Å². The quantitative estimate of drug-likeness (QED) is 0.203. The Balaban J connectivity index is 2.30. The number of aliphatic carboxylic acids is 1. The van der Waals surface area contributed by atoms with E-state index >= 15 is 0 Å². The van der Waals surface area contributed by atoms with Crippen molar-refractivity contribution in [3.05, 3.63) is 30.3 Å². The van der Waals surface area contributed by atoms with Crippen molar-refractivity contribution in [1.29, 1.82) is 0 Å². The minimum Gasteiger partial charge on any atom is -0.481 e. The molecule has 1 saturated heterocycles. The third-order valence-corrected chi connectivity index (χ3v) is 6.68. The molecule has 5 atom stereocenters. The fourth-order valence-corrected chi connectivity index (χ4v) is 4.45. The molecule has 2 amide bonds. The number of hydrogen-bond donors (Lipinski definition) is 2. The van der Waals surface area contributed by atoms with Crippen LogP contribution >= 0.6 is 0 Å². The van der Waals surface area contributed by atoms with Gasteiger partial charge in [-0.15, -0.1) is 0 Å². The summed E-state index contributed by atoms with van der Waals surface area (Å²) in [5, 5.41) is 18.5. The number of para-hydroxylation sites is 1. The van der Waals surface area contributed by atoms with Crippen LogP contribution in [0.4, 0.5) is 5.69 Å². The molecule has 0 radical (unpaired) electrons. The lowest BCUT2D eigenvalue weighted by molar-refractivity contribution is -0.155. The number of hydrogen-bond acceptors (Lipinski definition) is 8. The van der Waals surface area contributed by atoms with E-state index in [1.54, 1.807) is 37.3 Å². The molecule has 2 rings (SSSR count). The van der Waals surface area contributed by atoms with Gasteiger partial charge in [0.1, 0.15) is 6.61 Å². The molecule has 0 aliphatic carbocycles. The summed E-state index contributed by atoms with van der Waals surface area (Å²) in [5.41, 5.74) is 0.430. The molecular formula is C27H37NO9. The van der Waals surface area contributed by atoms with Gasteiger partial charge in [-0.2, -0.15) is 0 Å². The molecule has 1 aliphatic rings. The number of carboxylic acid groups (broad SMARTS) is 1. The molecule has 204 valence electrons. The lowest BCUT2D eigenvalue weighted by Gasteiger charge is -2.25. The first-order chi connectivity index (χ1) is 17.6. The van der Waals surface area contributed by atoms with Crippen molar-refractivity contribution in [3.8, 4) is 0 Å². The number of amides is 2. The van der Waals surface area contributed by atoms with Crippen molar-refractivity contribution >= 4 is 35.4 Å². The predicted molar refractivity (Wildman–Crippen MR) is 133 cm³/mol. The van der Waals surface area contributed by atoms with E-state index in [0.717, 1.165) is 11.3 Å². The van der Waals surface area contributed by atoms with Crippen LogP contribution in [0, 0.1) is 29.6 Å². The fourth-order valence-electron chi connectivity index (χ4n) is 4.45. The normalized spacial score (nSPS) is 19.8. The molecule has 10 nitrogen and oxygen atoms in total. The molecule has 1 aromatic rings. The molecule has 0 saturated carbocycles. The molecular weight excluding hydrogens is 482 g/mol. The molecule has 37 heavy (non-hydrogen) atoms. The molecule has 0 spiro atoms. The van der Waals surface area contributed by atoms with Gasteiger partial charge in [-0.05, 0) is 37.8 Å². The van der Waals surface area contributed by atoms with Gasteiger partial charge in [0.05, 0.1) is 42.6 Å². The molecule has 2 N–H and O–H groups in total. The summed E-state index contributed by atoms with van der Waals surface area (Å²) < 4.78 is 10.5. The number of unbranched alkanes of at least 4 members (excludes halogenated alkanes) is 1. The third-order valence-electron chi connectivity index (χ3n) is 6.68. The second-order valence-corrected chi connectivity index (χ2v) is 9.49. The van der Waals surface area contributed by atoms with Crippen molar-refractivity contribution in [3.63, 3.8) is 0 Å². The topological polar surface area (TPSA) is 148 Å². The van der Waals surface area contributed by atoms with Crippen molar-refractivity contribution < 1.29 is 43.7 Å². The smallest absolute Gasteiger partial charge is 0.309 e. The Morgan fingerprint density at radius 2 is 1.59 bits per heavy atom. The maximum absolute atomic E-state index is 13.3. The highest BCUT2D eigenvalue weighted by Gasteiger charge is 2.47. The number of imide groups is 1. The summed E-state index contributed by atoms with van der Waals surface area (Å²) in [5.74, 6) is -7.62. The summed E-state index contributed by atoms with van der Waals surface area (Å²) in [4.78, 5) is 64.7. The van der Waals surface area contributed by atoms with E-state index in [1.165, 1.54) is 6.92 Å². The molecule has 1 heterocycles. The van der Waals surface area contributed by atoms with Gasteiger partial charge in [-0.3, -0.25) is 28.9 Å².